The highest BCUT2D eigenvalue weighted by atomic mass is 19.1. The van der Waals surface area contributed by atoms with Gasteiger partial charge in [0.25, 0.3) is 5.91 Å². The van der Waals surface area contributed by atoms with Crippen molar-refractivity contribution < 1.29 is 18.8 Å². The summed E-state index contributed by atoms with van der Waals surface area (Å²) in [5, 5.41) is 13.6. The SMILES string of the molecule is CCC1(c2ccc(F)cc2)NC(=O)N(CC(=O)Nc2ccc(N=Nc3ccccc3)cc2)C1=O. The topological polar surface area (TPSA) is 103 Å². The monoisotopic (exact) mass is 459 g/mol. The van der Waals surface area contributed by atoms with E-state index < -0.39 is 35.7 Å². The first kappa shape index (κ1) is 22.8. The van der Waals surface area contributed by atoms with Crippen LogP contribution in [-0.2, 0) is 15.1 Å². The third kappa shape index (κ3) is 4.68. The van der Waals surface area contributed by atoms with E-state index in [2.05, 4.69) is 20.9 Å². The zero-order valence-corrected chi connectivity index (χ0v) is 18.4. The predicted molar refractivity (Wildman–Crippen MR) is 124 cm³/mol. The average molecular weight is 459 g/mol. The molecule has 0 aromatic heterocycles. The number of benzene rings is 3. The summed E-state index contributed by atoms with van der Waals surface area (Å²) >= 11 is 0. The zero-order valence-electron chi connectivity index (χ0n) is 18.4. The number of carbonyl (C=O) groups is 3. The number of nitrogens with one attached hydrogen (secondary N) is 2. The van der Waals surface area contributed by atoms with Crippen molar-refractivity contribution in [2.45, 2.75) is 18.9 Å². The van der Waals surface area contributed by atoms with E-state index in [1.54, 1.807) is 31.2 Å². The smallest absolute Gasteiger partial charge is 0.325 e. The molecule has 1 saturated heterocycles. The molecule has 4 rings (SSSR count). The van der Waals surface area contributed by atoms with Crippen LogP contribution in [0.1, 0.15) is 18.9 Å². The average Bonchev–Trinajstić information content (AvgIpc) is 3.10. The molecule has 9 heteroatoms. The van der Waals surface area contributed by atoms with Gasteiger partial charge in [0, 0.05) is 5.69 Å². The van der Waals surface area contributed by atoms with Gasteiger partial charge >= 0.3 is 6.03 Å². The highest BCUT2D eigenvalue weighted by Gasteiger charge is 2.51. The number of amides is 4. The normalized spacial score (nSPS) is 17.8. The van der Waals surface area contributed by atoms with Crippen LogP contribution in [0.3, 0.4) is 0 Å². The molecule has 1 aliphatic heterocycles. The van der Waals surface area contributed by atoms with Gasteiger partial charge in [-0.2, -0.15) is 10.2 Å². The molecule has 0 saturated carbocycles. The van der Waals surface area contributed by atoms with Gasteiger partial charge in [0.05, 0.1) is 11.4 Å². The lowest BCUT2D eigenvalue weighted by Crippen LogP contribution is -2.44. The number of azo groups is 1. The minimum Gasteiger partial charge on any atom is -0.325 e. The predicted octanol–water partition coefficient (Wildman–Crippen LogP) is 5.04. The van der Waals surface area contributed by atoms with E-state index in [0.29, 0.717) is 16.9 Å². The lowest BCUT2D eigenvalue weighted by Gasteiger charge is -2.25. The summed E-state index contributed by atoms with van der Waals surface area (Å²) < 4.78 is 13.3. The maximum Gasteiger partial charge on any atom is 0.325 e. The van der Waals surface area contributed by atoms with Crippen LogP contribution < -0.4 is 10.6 Å². The van der Waals surface area contributed by atoms with Gasteiger partial charge in [-0.25, -0.2) is 9.18 Å². The van der Waals surface area contributed by atoms with Crippen molar-refractivity contribution in [3.8, 4) is 0 Å². The largest absolute Gasteiger partial charge is 0.325 e. The van der Waals surface area contributed by atoms with Crippen LogP contribution >= 0.6 is 0 Å². The Hall–Kier alpha value is -4.40. The number of hydrogen-bond acceptors (Lipinski definition) is 5. The molecular weight excluding hydrogens is 437 g/mol. The van der Waals surface area contributed by atoms with Gasteiger partial charge in [-0.1, -0.05) is 37.3 Å². The summed E-state index contributed by atoms with van der Waals surface area (Å²) in [5.41, 5.74) is 0.922. The summed E-state index contributed by atoms with van der Waals surface area (Å²) in [5.74, 6) is -1.54. The Morgan fingerprint density at radius 1 is 0.941 bits per heavy atom. The Labute approximate surface area is 195 Å². The number of imide groups is 1. The molecule has 1 unspecified atom stereocenters. The summed E-state index contributed by atoms with van der Waals surface area (Å²) in [7, 11) is 0. The van der Waals surface area contributed by atoms with Gasteiger partial charge in [0.2, 0.25) is 5.91 Å². The number of hydrogen-bond donors (Lipinski definition) is 2. The van der Waals surface area contributed by atoms with E-state index in [1.165, 1.54) is 24.3 Å². The number of nitrogens with zero attached hydrogens (tertiary/aromatic N) is 3. The lowest BCUT2D eigenvalue weighted by molar-refractivity contribution is -0.134. The Bertz CT molecular complexity index is 1230. The van der Waals surface area contributed by atoms with Crippen molar-refractivity contribution in [3.63, 3.8) is 0 Å². The number of urea groups is 1. The fraction of sp³-hybridized carbons (Fsp3) is 0.160. The maximum absolute atomic E-state index is 13.3. The minimum absolute atomic E-state index is 0.250. The van der Waals surface area contributed by atoms with Crippen LogP contribution in [-0.4, -0.2) is 29.3 Å². The van der Waals surface area contributed by atoms with E-state index in [4.69, 9.17) is 0 Å². The van der Waals surface area contributed by atoms with Gasteiger partial charge in [0.15, 0.2) is 0 Å². The summed E-state index contributed by atoms with van der Waals surface area (Å²) in [6, 6.07) is 20.6. The summed E-state index contributed by atoms with van der Waals surface area (Å²) in [4.78, 5) is 39.1. The van der Waals surface area contributed by atoms with Crippen LogP contribution in [0.2, 0.25) is 0 Å². The molecule has 4 amide bonds. The van der Waals surface area contributed by atoms with Crippen LogP contribution in [0.4, 0.5) is 26.2 Å². The number of rotatable bonds is 7. The lowest BCUT2D eigenvalue weighted by atomic mass is 9.87. The van der Waals surface area contributed by atoms with E-state index in [9.17, 15) is 18.8 Å². The number of carbonyl (C=O) groups excluding carboxylic acids is 3. The second-order valence-corrected chi connectivity index (χ2v) is 7.72. The molecular formula is C25H22FN5O3. The van der Waals surface area contributed by atoms with Gasteiger partial charge in [0.1, 0.15) is 17.9 Å². The van der Waals surface area contributed by atoms with E-state index in [0.717, 1.165) is 10.6 Å². The van der Waals surface area contributed by atoms with Crippen molar-refractivity contribution in [2.75, 3.05) is 11.9 Å². The Kier molecular flexibility index (Phi) is 6.44. The van der Waals surface area contributed by atoms with E-state index in [-0.39, 0.29) is 6.42 Å². The Morgan fingerprint density at radius 2 is 1.56 bits per heavy atom. The van der Waals surface area contributed by atoms with Crippen LogP contribution in [0.25, 0.3) is 0 Å². The fourth-order valence-corrected chi connectivity index (χ4v) is 3.71. The maximum atomic E-state index is 13.3. The first-order chi connectivity index (χ1) is 16.4. The molecule has 1 fully saturated rings. The molecule has 0 spiro atoms. The summed E-state index contributed by atoms with van der Waals surface area (Å²) in [6.45, 7) is 1.28. The van der Waals surface area contributed by atoms with Crippen molar-refractivity contribution >= 4 is 34.9 Å². The third-order valence-corrected chi connectivity index (χ3v) is 5.53. The first-order valence-electron chi connectivity index (χ1n) is 10.7. The molecule has 8 nitrogen and oxygen atoms in total. The molecule has 3 aromatic carbocycles. The minimum atomic E-state index is -1.34. The molecule has 1 atom stereocenters. The van der Waals surface area contributed by atoms with Gasteiger partial charge < -0.3 is 10.6 Å². The standard InChI is InChI=1S/C25H22FN5O3/c1-2-25(17-8-10-18(26)11-9-17)23(33)31(24(34)28-25)16-22(32)27-19-12-14-21(15-13-19)30-29-20-6-4-3-5-7-20/h3-15H,2,16H2,1H3,(H,27,32)(H,28,34). The second-order valence-electron chi connectivity index (χ2n) is 7.72. The van der Waals surface area contributed by atoms with Gasteiger partial charge in [-0.15, -0.1) is 0 Å². The van der Waals surface area contributed by atoms with Crippen molar-refractivity contribution in [2.24, 2.45) is 10.2 Å². The van der Waals surface area contributed by atoms with Crippen molar-refractivity contribution in [1.29, 1.82) is 0 Å². The van der Waals surface area contributed by atoms with Crippen molar-refractivity contribution in [3.05, 3.63) is 90.2 Å². The van der Waals surface area contributed by atoms with Crippen LogP contribution in [0.5, 0.6) is 0 Å². The van der Waals surface area contributed by atoms with E-state index in [1.807, 2.05) is 30.3 Å². The van der Waals surface area contributed by atoms with E-state index >= 15 is 0 Å². The third-order valence-electron chi connectivity index (χ3n) is 5.53. The summed E-state index contributed by atoms with van der Waals surface area (Å²) in [6.07, 6.45) is 0.250. The molecule has 34 heavy (non-hydrogen) atoms. The molecule has 1 aliphatic rings. The molecule has 172 valence electrons. The molecule has 0 radical (unpaired) electrons. The molecule has 2 N–H and O–H groups in total. The van der Waals surface area contributed by atoms with Crippen LogP contribution in [0.15, 0.2) is 89.1 Å². The Morgan fingerprint density at radius 3 is 2.18 bits per heavy atom. The molecule has 0 bridgehead atoms. The number of anilines is 1. The first-order valence-corrected chi connectivity index (χ1v) is 10.7. The van der Waals surface area contributed by atoms with Crippen molar-refractivity contribution in [1.82, 2.24) is 10.2 Å². The highest BCUT2D eigenvalue weighted by Crippen LogP contribution is 2.32. The van der Waals surface area contributed by atoms with Gasteiger partial charge in [-0.3, -0.25) is 14.5 Å². The molecule has 0 aliphatic carbocycles. The van der Waals surface area contributed by atoms with Crippen LogP contribution in [0, 0.1) is 5.82 Å². The zero-order chi connectivity index (χ0) is 24.1. The highest BCUT2D eigenvalue weighted by molar-refractivity contribution is 6.10. The second kappa shape index (κ2) is 9.62. The quantitative estimate of drug-likeness (QED) is 0.382. The Balaban J connectivity index is 1.40. The number of halogens is 1. The van der Waals surface area contributed by atoms with Gasteiger partial charge in [-0.05, 0) is 60.5 Å². The molecule has 3 aromatic rings. The molecule has 1 heterocycles. The fourth-order valence-electron chi connectivity index (χ4n) is 3.71.